The highest BCUT2D eigenvalue weighted by atomic mass is 32.2. The number of amides is 1. The van der Waals surface area contributed by atoms with Gasteiger partial charge in [-0.15, -0.1) is 0 Å². The lowest BCUT2D eigenvalue weighted by Gasteiger charge is -2.29. The molecule has 8 heteroatoms. The second kappa shape index (κ2) is 9.97. The summed E-state index contributed by atoms with van der Waals surface area (Å²) in [5, 5.41) is 3.34. The Morgan fingerprint density at radius 1 is 1.06 bits per heavy atom. The van der Waals surface area contributed by atoms with E-state index in [1.165, 1.54) is 16.8 Å². The van der Waals surface area contributed by atoms with Crippen molar-refractivity contribution in [1.82, 2.24) is 14.2 Å². The summed E-state index contributed by atoms with van der Waals surface area (Å²) < 4.78 is 30.0. The van der Waals surface area contributed by atoms with Gasteiger partial charge in [0, 0.05) is 37.3 Å². The van der Waals surface area contributed by atoms with Crippen LogP contribution in [0, 0.1) is 5.92 Å². The van der Waals surface area contributed by atoms with Gasteiger partial charge in [0.1, 0.15) is 5.56 Å². The molecule has 1 saturated heterocycles. The molecule has 1 N–H and O–H groups in total. The molecule has 1 aliphatic carbocycles. The second-order valence-corrected chi connectivity index (χ2v) is 11.4. The molecule has 0 unspecified atom stereocenters. The lowest BCUT2D eigenvalue weighted by molar-refractivity contribution is 0.0908. The van der Waals surface area contributed by atoms with E-state index in [0.29, 0.717) is 31.1 Å². The van der Waals surface area contributed by atoms with Crippen LogP contribution in [0.15, 0.2) is 34.1 Å². The molecule has 0 radical (unpaired) electrons. The number of aryl methyl sites for hydroxylation is 1. The Kier molecular flexibility index (Phi) is 7.24. The summed E-state index contributed by atoms with van der Waals surface area (Å²) in [6.45, 7) is 5.64. The molecule has 1 amide bonds. The standard InChI is InChI=1S/C25H35N3O4S/c1-3-27-17-21(25(30)26-22-11-7-6-10-18(22)2)24(29)20-16-19(12-13-23(20)27)33(31,32)28-14-8-4-5-9-15-28/h12-13,16-18,22H,3-11,14-15H2,1-2H3,(H,26,30)/t18-,22-/m0/s1. The first-order valence-electron chi connectivity index (χ1n) is 12.3. The number of sulfonamides is 1. The third kappa shape index (κ3) is 4.87. The maximum atomic E-state index is 13.4. The van der Waals surface area contributed by atoms with Gasteiger partial charge in [-0.2, -0.15) is 4.31 Å². The molecule has 1 aromatic carbocycles. The predicted octanol–water partition coefficient (Wildman–Crippen LogP) is 3.89. The van der Waals surface area contributed by atoms with E-state index in [0.717, 1.165) is 44.9 Å². The fraction of sp³-hybridized carbons (Fsp3) is 0.600. The van der Waals surface area contributed by atoms with Gasteiger partial charge >= 0.3 is 0 Å². The van der Waals surface area contributed by atoms with Crippen LogP contribution in [0.4, 0.5) is 0 Å². The van der Waals surface area contributed by atoms with Crippen molar-refractivity contribution < 1.29 is 13.2 Å². The van der Waals surface area contributed by atoms with E-state index in [1.54, 1.807) is 18.3 Å². The van der Waals surface area contributed by atoms with Crippen LogP contribution in [0.5, 0.6) is 0 Å². The highest BCUT2D eigenvalue weighted by molar-refractivity contribution is 7.89. The van der Waals surface area contributed by atoms with Crippen molar-refractivity contribution in [2.45, 2.75) is 82.7 Å². The van der Waals surface area contributed by atoms with E-state index < -0.39 is 15.5 Å². The number of benzene rings is 1. The van der Waals surface area contributed by atoms with Crippen LogP contribution < -0.4 is 10.7 Å². The van der Waals surface area contributed by atoms with Gasteiger partial charge in [0.25, 0.3) is 5.91 Å². The van der Waals surface area contributed by atoms with Crippen molar-refractivity contribution in [2.75, 3.05) is 13.1 Å². The Labute approximate surface area is 196 Å². The monoisotopic (exact) mass is 473 g/mol. The zero-order chi connectivity index (χ0) is 23.6. The van der Waals surface area contributed by atoms with E-state index in [-0.39, 0.29) is 27.8 Å². The molecule has 2 fully saturated rings. The van der Waals surface area contributed by atoms with Crippen LogP contribution in [-0.4, -0.2) is 42.3 Å². The normalized spacial score (nSPS) is 22.7. The van der Waals surface area contributed by atoms with Crippen molar-refractivity contribution in [2.24, 2.45) is 5.92 Å². The largest absolute Gasteiger partial charge is 0.349 e. The van der Waals surface area contributed by atoms with Crippen LogP contribution in [0.25, 0.3) is 10.9 Å². The van der Waals surface area contributed by atoms with E-state index in [2.05, 4.69) is 12.2 Å². The van der Waals surface area contributed by atoms with Gasteiger partial charge in [0.05, 0.1) is 10.4 Å². The third-order valence-electron chi connectivity index (χ3n) is 7.27. The molecule has 2 atom stereocenters. The Morgan fingerprint density at radius 3 is 2.42 bits per heavy atom. The molecule has 0 spiro atoms. The minimum atomic E-state index is -3.69. The van der Waals surface area contributed by atoms with Crippen LogP contribution in [0.3, 0.4) is 0 Å². The van der Waals surface area contributed by atoms with Gasteiger partial charge in [-0.1, -0.05) is 32.6 Å². The summed E-state index contributed by atoms with van der Waals surface area (Å²) in [5.74, 6) is 0.00514. The zero-order valence-corrected chi connectivity index (χ0v) is 20.5. The minimum Gasteiger partial charge on any atom is -0.349 e. The minimum absolute atomic E-state index is 0.0613. The number of hydrogen-bond acceptors (Lipinski definition) is 4. The lowest BCUT2D eigenvalue weighted by Crippen LogP contribution is -2.42. The van der Waals surface area contributed by atoms with Crippen LogP contribution in [-0.2, 0) is 16.6 Å². The topological polar surface area (TPSA) is 88.5 Å². The van der Waals surface area contributed by atoms with Crippen molar-refractivity contribution in [3.8, 4) is 0 Å². The number of fused-ring (bicyclic) bond motifs is 1. The number of pyridine rings is 1. The van der Waals surface area contributed by atoms with Crippen molar-refractivity contribution in [3.05, 3.63) is 40.2 Å². The summed E-state index contributed by atoms with van der Waals surface area (Å²) in [6.07, 6.45) is 9.59. The van der Waals surface area contributed by atoms with E-state index >= 15 is 0 Å². The lowest BCUT2D eigenvalue weighted by atomic mass is 9.86. The van der Waals surface area contributed by atoms with E-state index in [1.807, 2.05) is 11.5 Å². The molecule has 1 aromatic heterocycles. The first-order chi connectivity index (χ1) is 15.8. The molecule has 2 aliphatic rings. The first-order valence-corrected chi connectivity index (χ1v) is 13.7. The van der Waals surface area contributed by atoms with Gasteiger partial charge in [-0.05, 0) is 56.7 Å². The molecule has 1 aliphatic heterocycles. The second-order valence-electron chi connectivity index (χ2n) is 9.50. The number of rotatable bonds is 5. The summed E-state index contributed by atoms with van der Waals surface area (Å²) in [6, 6.07) is 4.79. The first kappa shape index (κ1) is 24.0. The molecule has 4 rings (SSSR count). The van der Waals surface area contributed by atoms with Crippen molar-refractivity contribution >= 4 is 26.8 Å². The quantitative estimate of drug-likeness (QED) is 0.713. The molecule has 2 aromatic rings. The summed E-state index contributed by atoms with van der Waals surface area (Å²) in [7, 11) is -3.69. The Hall–Kier alpha value is -2.19. The van der Waals surface area contributed by atoms with Gasteiger partial charge < -0.3 is 9.88 Å². The Morgan fingerprint density at radius 2 is 1.76 bits per heavy atom. The van der Waals surface area contributed by atoms with Crippen molar-refractivity contribution in [1.29, 1.82) is 0 Å². The maximum absolute atomic E-state index is 13.4. The highest BCUT2D eigenvalue weighted by Gasteiger charge is 2.28. The number of nitrogens with one attached hydrogen (secondary N) is 1. The van der Waals surface area contributed by atoms with E-state index in [9.17, 15) is 18.0 Å². The fourth-order valence-corrected chi connectivity index (χ4v) is 6.71. The third-order valence-corrected chi connectivity index (χ3v) is 9.16. The fourth-order valence-electron chi connectivity index (χ4n) is 5.17. The number of hydrogen-bond donors (Lipinski definition) is 1. The SMILES string of the molecule is CCn1cc(C(=O)N[C@H]2CCCC[C@@H]2C)c(=O)c2cc(S(=O)(=O)N3CCCCCC3)ccc21. The predicted molar refractivity (Wildman–Crippen MR) is 130 cm³/mol. The summed E-state index contributed by atoms with van der Waals surface area (Å²) in [5.41, 5.74) is 0.301. The summed E-state index contributed by atoms with van der Waals surface area (Å²) in [4.78, 5) is 26.6. The Bertz CT molecular complexity index is 1180. The molecule has 7 nitrogen and oxygen atoms in total. The van der Waals surface area contributed by atoms with E-state index in [4.69, 9.17) is 0 Å². The molecule has 2 heterocycles. The van der Waals surface area contributed by atoms with Crippen LogP contribution in [0.2, 0.25) is 0 Å². The van der Waals surface area contributed by atoms with Gasteiger partial charge in [-0.3, -0.25) is 9.59 Å². The zero-order valence-electron chi connectivity index (χ0n) is 19.7. The van der Waals surface area contributed by atoms with Crippen LogP contribution >= 0.6 is 0 Å². The van der Waals surface area contributed by atoms with Gasteiger partial charge in [0.2, 0.25) is 15.5 Å². The maximum Gasteiger partial charge on any atom is 0.256 e. The number of nitrogens with zero attached hydrogens (tertiary/aromatic N) is 2. The van der Waals surface area contributed by atoms with Gasteiger partial charge in [0.15, 0.2) is 0 Å². The molecule has 180 valence electrons. The molecular formula is C25H35N3O4S. The average molecular weight is 474 g/mol. The molecule has 1 saturated carbocycles. The number of aromatic nitrogens is 1. The summed E-state index contributed by atoms with van der Waals surface area (Å²) >= 11 is 0. The Balaban J connectivity index is 1.73. The number of carbonyl (C=O) groups is 1. The van der Waals surface area contributed by atoms with Gasteiger partial charge in [-0.25, -0.2) is 8.42 Å². The molecule has 33 heavy (non-hydrogen) atoms. The molecular weight excluding hydrogens is 438 g/mol. The van der Waals surface area contributed by atoms with Crippen molar-refractivity contribution in [3.63, 3.8) is 0 Å². The smallest absolute Gasteiger partial charge is 0.256 e. The number of carbonyl (C=O) groups excluding carboxylic acids is 1. The highest BCUT2D eigenvalue weighted by Crippen LogP contribution is 2.25. The van der Waals surface area contributed by atoms with Crippen LogP contribution in [0.1, 0.15) is 75.6 Å². The molecule has 0 bridgehead atoms. The average Bonchev–Trinajstić information content (AvgIpc) is 3.11.